The van der Waals surface area contributed by atoms with Gasteiger partial charge in [-0.25, -0.2) is 0 Å². The number of unbranched alkanes of at least 4 members (excludes halogenated alkanes) is 1. The van der Waals surface area contributed by atoms with Crippen LogP contribution in [-0.4, -0.2) is 43.2 Å². The van der Waals surface area contributed by atoms with Gasteiger partial charge in [0.05, 0.1) is 20.1 Å². The Labute approximate surface area is 187 Å². The van der Waals surface area contributed by atoms with Gasteiger partial charge in [-0.05, 0) is 54.5 Å². The fraction of sp³-hybridized carbons (Fsp3) is 0.292. The third-order valence-corrected chi connectivity index (χ3v) is 4.43. The molecule has 2 aromatic carbocycles. The fourth-order valence-corrected chi connectivity index (χ4v) is 2.63. The molecule has 0 unspecified atom stereocenters. The van der Waals surface area contributed by atoms with Crippen molar-refractivity contribution in [3.05, 3.63) is 65.4 Å². The third-order valence-electron chi connectivity index (χ3n) is 4.43. The summed E-state index contributed by atoms with van der Waals surface area (Å²) in [5.74, 6) is -0.778. The molecule has 170 valence electrons. The molecule has 0 atom stereocenters. The summed E-state index contributed by atoms with van der Waals surface area (Å²) in [5, 5.41) is 13.9. The molecule has 0 heterocycles. The van der Waals surface area contributed by atoms with Gasteiger partial charge in [0.15, 0.2) is 0 Å². The minimum Gasteiger partial charge on any atom is -0.497 e. The highest BCUT2D eigenvalue weighted by molar-refractivity contribution is 6.05. The monoisotopic (exact) mass is 440 g/mol. The number of hydrogen-bond donors (Lipinski definition) is 3. The Balaban J connectivity index is 2.15. The van der Waals surface area contributed by atoms with Gasteiger partial charge in [0.25, 0.3) is 11.8 Å². The first-order chi connectivity index (χ1) is 15.4. The molecule has 2 aromatic rings. The maximum Gasteiger partial charge on any atom is 0.305 e. The Morgan fingerprint density at radius 2 is 1.66 bits per heavy atom. The average Bonchev–Trinajstić information content (AvgIpc) is 2.79. The number of amides is 2. The molecule has 0 fully saturated rings. The Morgan fingerprint density at radius 3 is 2.25 bits per heavy atom. The van der Waals surface area contributed by atoms with Gasteiger partial charge >= 0.3 is 5.97 Å². The van der Waals surface area contributed by atoms with E-state index in [0.29, 0.717) is 29.2 Å². The van der Waals surface area contributed by atoms with E-state index < -0.39 is 17.8 Å². The lowest BCUT2D eigenvalue weighted by molar-refractivity contribution is -0.136. The van der Waals surface area contributed by atoms with E-state index in [0.717, 1.165) is 12.8 Å². The van der Waals surface area contributed by atoms with Gasteiger partial charge in [0.2, 0.25) is 0 Å². The van der Waals surface area contributed by atoms with Crippen LogP contribution in [0.3, 0.4) is 0 Å². The third kappa shape index (κ3) is 8.14. The van der Waals surface area contributed by atoms with E-state index in [1.54, 1.807) is 55.6 Å². The Hall–Kier alpha value is -3.81. The highest BCUT2D eigenvalue weighted by Gasteiger charge is 2.15. The first-order valence-corrected chi connectivity index (χ1v) is 10.3. The van der Waals surface area contributed by atoms with Crippen LogP contribution in [0.25, 0.3) is 6.08 Å². The molecule has 0 saturated carbocycles. The quantitative estimate of drug-likeness (QED) is 0.345. The zero-order valence-corrected chi connectivity index (χ0v) is 18.2. The van der Waals surface area contributed by atoms with Crippen molar-refractivity contribution in [2.45, 2.75) is 26.2 Å². The molecule has 2 amide bonds. The Morgan fingerprint density at radius 1 is 1.00 bits per heavy atom. The summed E-state index contributed by atoms with van der Waals surface area (Å²) < 4.78 is 10.7. The minimum absolute atomic E-state index is 0.00571. The summed E-state index contributed by atoms with van der Waals surface area (Å²) in [6.45, 7) is 2.62. The lowest BCUT2D eigenvalue weighted by atomic mass is 10.1. The van der Waals surface area contributed by atoms with Crippen molar-refractivity contribution in [1.29, 1.82) is 0 Å². The zero-order chi connectivity index (χ0) is 23.3. The standard InChI is InChI=1S/C24H28N2O6/c1-3-4-15-32-20-11-7-18(8-12-20)23(29)26-21(24(30)25-14-13-22(27)28)16-17-5-9-19(31-2)10-6-17/h5-12,16H,3-4,13-15H2,1-2H3,(H,25,30)(H,26,29)(H,27,28). The van der Waals surface area contributed by atoms with Crippen LogP contribution in [0.15, 0.2) is 54.2 Å². The van der Waals surface area contributed by atoms with E-state index in [-0.39, 0.29) is 18.7 Å². The first-order valence-electron chi connectivity index (χ1n) is 10.3. The van der Waals surface area contributed by atoms with Gasteiger partial charge in [0, 0.05) is 12.1 Å². The van der Waals surface area contributed by atoms with Gasteiger partial charge in [-0.1, -0.05) is 25.5 Å². The molecule has 32 heavy (non-hydrogen) atoms. The number of carboxylic acids is 1. The van der Waals surface area contributed by atoms with E-state index >= 15 is 0 Å². The van der Waals surface area contributed by atoms with Crippen LogP contribution in [0.2, 0.25) is 0 Å². The summed E-state index contributed by atoms with van der Waals surface area (Å²) in [7, 11) is 1.55. The molecule has 2 rings (SSSR count). The number of carboxylic acid groups (broad SMARTS) is 1. The second kappa shape index (κ2) is 12.8. The molecule has 0 aliphatic rings. The smallest absolute Gasteiger partial charge is 0.305 e. The predicted molar refractivity (Wildman–Crippen MR) is 121 cm³/mol. The van der Waals surface area contributed by atoms with E-state index in [9.17, 15) is 14.4 Å². The van der Waals surface area contributed by atoms with Crippen LogP contribution in [-0.2, 0) is 9.59 Å². The number of carbonyl (C=O) groups excluding carboxylic acids is 2. The van der Waals surface area contributed by atoms with Crippen molar-refractivity contribution in [3.8, 4) is 11.5 Å². The number of carbonyl (C=O) groups is 3. The second-order valence-electron chi connectivity index (χ2n) is 6.91. The topological polar surface area (TPSA) is 114 Å². The van der Waals surface area contributed by atoms with Crippen molar-refractivity contribution in [1.82, 2.24) is 10.6 Å². The zero-order valence-electron chi connectivity index (χ0n) is 18.2. The molecular formula is C24H28N2O6. The fourth-order valence-electron chi connectivity index (χ4n) is 2.63. The van der Waals surface area contributed by atoms with E-state index in [4.69, 9.17) is 14.6 Å². The van der Waals surface area contributed by atoms with E-state index in [2.05, 4.69) is 17.6 Å². The molecule has 0 saturated heterocycles. The number of ether oxygens (including phenoxy) is 2. The van der Waals surface area contributed by atoms with Crippen molar-refractivity contribution in [3.63, 3.8) is 0 Å². The summed E-state index contributed by atoms with van der Waals surface area (Å²) in [6.07, 6.45) is 3.25. The summed E-state index contributed by atoms with van der Waals surface area (Å²) >= 11 is 0. The maximum atomic E-state index is 12.7. The highest BCUT2D eigenvalue weighted by Crippen LogP contribution is 2.15. The Kier molecular flexibility index (Phi) is 9.77. The largest absolute Gasteiger partial charge is 0.497 e. The van der Waals surface area contributed by atoms with Crippen LogP contribution in [0.4, 0.5) is 0 Å². The predicted octanol–water partition coefficient (Wildman–Crippen LogP) is 3.24. The number of hydrogen-bond acceptors (Lipinski definition) is 5. The van der Waals surface area contributed by atoms with Crippen LogP contribution in [0, 0.1) is 0 Å². The second-order valence-corrected chi connectivity index (χ2v) is 6.91. The molecule has 3 N–H and O–H groups in total. The van der Waals surface area contributed by atoms with Gasteiger partial charge in [-0.15, -0.1) is 0 Å². The van der Waals surface area contributed by atoms with Crippen LogP contribution in [0.1, 0.15) is 42.1 Å². The summed E-state index contributed by atoms with van der Waals surface area (Å²) in [5.41, 5.74) is 1.01. The maximum absolute atomic E-state index is 12.7. The molecule has 0 radical (unpaired) electrons. The molecule has 0 aliphatic carbocycles. The molecule has 0 aromatic heterocycles. The highest BCUT2D eigenvalue weighted by atomic mass is 16.5. The number of aliphatic carboxylic acids is 1. The average molecular weight is 440 g/mol. The number of nitrogens with one attached hydrogen (secondary N) is 2. The van der Waals surface area contributed by atoms with Crippen LogP contribution >= 0.6 is 0 Å². The lowest BCUT2D eigenvalue weighted by Gasteiger charge is -2.12. The number of methoxy groups -OCH3 is 1. The molecule has 0 aliphatic heterocycles. The molecule has 8 heteroatoms. The summed E-state index contributed by atoms with van der Waals surface area (Å²) in [6, 6.07) is 13.5. The van der Waals surface area contributed by atoms with Crippen LogP contribution in [0.5, 0.6) is 11.5 Å². The van der Waals surface area contributed by atoms with Crippen molar-refractivity contribution in [2.75, 3.05) is 20.3 Å². The molecule has 0 bridgehead atoms. The van der Waals surface area contributed by atoms with Gasteiger partial charge in [-0.3, -0.25) is 14.4 Å². The first kappa shape index (κ1) is 24.5. The van der Waals surface area contributed by atoms with Crippen molar-refractivity contribution >= 4 is 23.9 Å². The van der Waals surface area contributed by atoms with Gasteiger partial charge in [-0.2, -0.15) is 0 Å². The van der Waals surface area contributed by atoms with Gasteiger partial charge in [0.1, 0.15) is 17.2 Å². The van der Waals surface area contributed by atoms with Gasteiger partial charge < -0.3 is 25.2 Å². The van der Waals surface area contributed by atoms with Crippen LogP contribution < -0.4 is 20.1 Å². The lowest BCUT2D eigenvalue weighted by Crippen LogP contribution is -2.35. The Bertz CT molecular complexity index is 936. The number of rotatable bonds is 12. The normalized spacial score (nSPS) is 10.9. The summed E-state index contributed by atoms with van der Waals surface area (Å²) in [4.78, 5) is 36.0. The van der Waals surface area contributed by atoms with E-state index in [1.165, 1.54) is 6.08 Å². The minimum atomic E-state index is -1.03. The SMILES string of the molecule is CCCCOc1ccc(C(=O)NC(=Cc2ccc(OC)cc2)C(=O)NCCC(=O)O)cc1. The van der Waals surface area contributed by atoms with Crippen molar-refractivity contribution in [2.24, 2.45) is 0 Å². The molecular weight excluding hydrogens is 412 g/mol. The van der Waals surface area contributed by atoms with E-state index in [1.807, 2.05) is 0 Å². The molecule has 0 spiro atoms. The van der Waals surface area contributed by atoms with Crippen molar-refractivity contribution < 1.29 is 29.0 Å². The number of benzene rings is 2. The molecule has 8 nitrogen and oxygen atoms in total.